The second-order valence-corrected chi connectivity index (χ2v) is 5.54. The van der Waals surface area contributed by atoms with E-state index < -0.39 is 0 Å². The summed E-state index contributed by atoms with van der Waals surface area (Å²) in [5, 5.41) is 3.52. The monoisotopic (exact) mass is 291 g/mol. The van der Waals surface area contributed by atoms with Gasteiger partial charge in [-0.25, -0.2) is 0 Å². The van der Waals surface area contributed by atoms with Gasteiger partial charge in [-0.05, 0) is 43.4 Å². The van der Waals surface area contributed by atoms with E-state index in [1.54, 1.807) is 7.11 Å². The van der Waals surface area contributed by atoms with Gasteiger partial charge in [0.05, 0.1) is 20.1 Å². The van der Waals surface area contributed by atoms with Crippen LogP contribution in [0.15, 0.2) is 24.3 Å². The van der Waals surface area contributed by atoms with Crippen molar-refractivity contribution in [2.24, 2.45) is 5.92 Å². The summed E-state index contributed by atoms with van der Waals surface area (Å²) in [4.78, 5) is 11.7. The molecule has 1 fully saturated rings. The van der Waals surface area contributed by atoms with Crippen molar-refractivity contribution in [1.29, 1.82) is 0 Å². The number of methoxy groups -OCH3 is 1. The number of esters is 1. The zero-order valence-electron chi connectivity index (χ0n) is 12.9. The van der Waals surface area contributed by atoms with Crippen molar-refractivity contribution in [3.05, 3.63) is 29.8 Å². The molecule has 4 heteroatoms. The van der Waals surface area contributed by atoms with E-state index >= 15 is 0 Å². The first-order chi connectivity index (χ1) is 10.2. The molecule has 0 aliphatic heterocycles. The number of rotatable bonds is 8. The average Bonchev–Trinajstić information content (AvgIpc) is 2.43. The highest BCUT2D eigenvalue weighted by atomic mass is 16.5. The zero-order valence-corrected chi connectivity index (χ0v) is 12.9. The van der Waals surface area contributed by atoms with Crippen LogP contribution in [-0.4, -0.2) is 25.7 Å². The van der Waals surface area contributed by atoms with Gasteiger partial charge in [0.25, 0.3) is 0 Å². The quantitative estimate of drug-likeness (QED) is 0.748. The molecular formula is C17H25NO3. The van der Waals surface area contributed by atoms with Gasteiger partial charge in [0, 0.05) is 12.6 Å². The maximum Gasteiger partial charge on any atom is 0.307 e. The molecule has 1 N–H and O–H groups in total. The number of ether oxygens (including phenoxy) is 2. The van der Waals surface area contributed by atoms with E-state index in [1.165, 1.54) is 24.8 Å². The topological polar surface area (TPSA) is 47.6 Å². The molecule has 116 valence electrons. The first-order valence-electron chi connectivity index (χ1n) is 7.75. The average molecular weight is 291 g/mol. The van der Waals surface area contributed by atoms with Crippen LogP contribution >= 0.6 is 0 Å². The SMILES string of the molecule is CCOC(=O)CC(NCc1ccc(OC)cc1)C1CCC1. The Morgan fingerprint density at radius 3 is 2.57 bits per heavy atom. The smallest absolute Gasteiger partial charge is 0.307 e. The van der Waals surface area contributed by atoms with Crippen molar-refractivity contribution < 1.29 is 14.3 Å². The third-order valence-corrected chi connectivity index (χ3v) is 4.14. The molecule has 0 heterocycles. The summed E-state index contributed by atoms with van der Waals surface area (Å²) in [6.45, 7) is 3.07. The summed E-state index contributed by atoms with van der Waals surface area (Å²) in [5.74, 6) is 1.37. The Balaban J connectivity index is 1.86. The van der Waals surface area contributed by atoms with Gasteiger partial charge in [0.2, 0.25) is 0 Å². The highest BCUT2D eigenvalue weighted by molar-refractivity contribution is 5.70. The molecule has 1 aromatic rings. The second kappa shape index (κ2) is 8.03. The molecule has 0 radical (unpaired) electrons. The standard InChI is InChI=1S/C17H25NO3/c1-3-21-17(19)11-16(14-5-4-6-14)18-12-13-7-9-15(20-2)10-8-13/h7-10,14,16,18H,3-6,11-12H2,1-2H3. The third-order valence-electron chi connectivity index (χ3n) is 4.14. The first-order valence-corrected chi connectivity index (χ1v) is 7.75. The minimum atomic E-state index is -0.100. The van der Waals surface area contributed by atoms with Crippen molar-refractivity contribution in [2.75, 3.05) is 13.7 Å². The molecule has 1 unspecified atom stereocenters. The Hall–Kier alpha value is -1.55. The molecule has 1 aliphatic carbocycles. The molecule has 0 spiro atoms. The van der Waals surface area contributed by atoms with E-state index in [0.717, 1.165) is 12.3 Å². The van der Waals surface area contributed by atoms with Gasteiger partial charge in [-0.2, -0.15) is 0 Å². The fourth-order valence-electron chi connectivity index (χ4n) is 2.64. The molecule has 1 aromatic carbocycles. The Labute approximate surface area is 126 Å². The summed E-state index contributed by atoms with van der Waals surface area (Å²) in [7, 11) is 1.67. The number of nitrogens with one attached hydrogen (secondary N) is 1. The summed E-state index contributed by atoms with van der Waals surface area (Å²) in [6, 6.07) is 8.24. The van der Waals surface area contributed by atoms with Gasteiger partial charge in [-0.3, -0.25) is 4.79 Å². The number of hydrogen-bond donors (Lipinski definition) is 1. The first kappa shape index (κ1) is 15.8. The van der Waals surface area contributed by atoms with Gasteiger partial charge in [-0.1, -0.05) is 18.6 Å². The maximum atomic E-state index is 11.7. The molecule has 2 rings (SSSR count). The molecule has 0 amide bonds. The lowest BCUT2D eigenvalue weighted by atomic mass is 9.78. The van der Waals surface area contributed by atoms with Crippen LogP contribution in [0.5, 0.6) is 5.75 Å². The molecule has 0 aromatic heterocycles. The molecule has 1 saturated carbocycles. The molecule has 4 nitrogen and oxygen atoms in total. The van der Waals surface area contributed by atoms with Crippen molar-refractivity contribution in [1.82, 2.24) is 5.32 Å². The maximum absolute atomic E-state index is 11.7. The van der Waals surface area contributed by atoms with Crippen LogP contribution in [0.1, 0.15) is 38.2 Å². The summed E-state index contributed by atoms with van der Waals surface area (Å²) in [5.41, 5.74) is 1.20. The molecular weight excluding hydrogens is 266 g/mol. The number of hydrogen-bond acceptors (Lipinski definition) is 4. The fourth-order valence-corrected chi connectivity index (χ4v) is 2.64. The Morgan fingerprint density at radius 2 is 2.05 bits per heavy atom. The molecule has 21 heavy (non-hydrogen) atoms. The molecule has 1 atom stereocenters. The van der Waals surface area contributed by atoms with Gasteiger partial charge in [-0.15, -0.1) is 0 Å². The lowest BCUT2D eigenvalue weighted by Crippen LogP contribution is -2.41. The Morgan fingerprint density at radius 1 is 1.33 bits per heavy atom. The summed E-state index contributed by atoms with van der Waals surface area (Å²) in [6.07, 6.45) is 4.15. The lowest BCUT2D eigenvalue weighted by molar-refractivity contribution is -0.144. The minimum absolute atomic E-state index is 0.100. The summed E-state index contributed by atoms with van der Waals surface area (Å²) < 4.78 is 10.2. The normalized spacial score (nSPS) is 16.1. The van der Waals surface area contributed by atoms with Crippen LogP contribution in [0.2, 0.25) is 0 Å². The van der Waals surface area contributed by atoms with Crippen LogP contribution in [0, 0.1) is 5.92 Å². The van der Waals surface area contributed by atoms with Gasteiger partial charge < -0.3 is 14.8 Å². The van der Waals surface area contributed by atoms with E-state index in [4.69, 9.17) is 9.47 Å². The summed E-state index contributed by atoms with van der Waals surface area (Å²) >= 11 is 0. The van der Waals surface area contributed by atoms with Crippen molar-refractivity contribution in [3.8, 4) is 5.75 Å². The van der Waals surface area contributed by atoms with E-state index in [2.05, 4.69) is 5.32 Å². The van der Waals surface area contributed by atoms with E-state index in [0.29, 0.717) is 18.9 Å². The molecule has 0 bridgehead atoms. The minimum Gasteiger partial charge on any atom is -0.497 e. The van der Waals surface area contributed by atoms with Crippen molar-refractivity contribution >= 4 is 5.97 Å². The predicted octanol–water partition coefficient (Wildman–Crippen LogP) is 2.91. The van der Waals surface area contributed by atoms with Crippen LogP contribution in [0.25, 0.3) is 0 Å². The highest BCUT2D eigenvalue weighted by Crippen LogP contribution is 2.31. The Bertz CT molecular complexity index is 440. The lowest BCUT2D eigenvalue weighted by Gasteiger charge is -2.34. The largest absolute Gasteiger partial charge is 0.497 e. The van der Waals surface area contributed by atoms with Gasteiger partial charge in [0.15, 0.2) is 0 Å². The van der Waals surface area contributed by atoms with E-state index in [1.807, 2.05) is 31.2 Å². The van der Waals surface area contributed by atoms with Crippen LogP contribution in [0.3, 0.4) is 0 Å². The van der Waals surface area contributed by atoms with E-state index in [-0.39, 0.29) is 12.0 Å². The Kier molecular flexibility index (Phi) is 6.05. The van der Waals surface area contributed by atoms with Crippen molar-refractivity contribution in [3.63, 3.8) is 0 Å². The number of carbonyl (C=O) groups is 1. The fraction of sp³-hybridized carbons (Fsp3) is 0.588. The van der Waals surface area contributed by atoms with Crippen LogP contribution in [-0.2, 0) is 16.1 Å². The van der Waals surface area contributed by atoms with Gasteiger partial charge in [0.1, 0.15) is 5.75 Å². The van der Waals surface area contributed by atoms with Crippen LogP contribution < -0.4 is 10.1 Å². The third kappa shape index (κ3) is 4.74. The number of benzene rings is 1. The predicted molar refractivity (Wildman–Crippen MR) is 82.2 cm³/mol. The van der Waals surface area contributed by atoms with Gasteiger partial charge >= 0.3 is 5.97 Å². The number of carbonyl (C=O) groups excluding carboxylic acids is 1. The van der Waals surface area contributed by atoms with Crippen LogP contribution in [0.4, 0.5) is 0 Å². The highest BCUT2D eigenvalue weighted by Gasteiger charge is 2.29. The van der Waals surface area contributed by atoms with E-state index in [9.17, 15) is 4.79 Å². The molecule has 0 saturated heterocycles. The molecule has 1 aliphatic rings. The second-order valence-electron chi connectivity index (χ2n) is 5.54. The zero-order chi connectivity index (χ0) is 15.1. The van der Waals surface area contributed by atoms with Crippen molar-refractivity contribution in [2.45, 2.75) is 45.2 Å².